The van der Waals surface area contributed by atoms with Crippen molar-refractivity contribution in [2.45, 2.75) is 30.0 Å². The zero-order valence-electron chi connectivity index (χ0n) is 11.4. The van der Waals surface area contributed by atoms with Crippen molar-refractivity contribution in [2.75, 3.05) is 27.2 Å². The number of halogens is 1. The molecule has 1 saturated heterocycles. The van der Waals surface area contributed by atoms with E-state index in [2.05, 4.69) is 27.9 Å². The van der Waals surface area contributed by atoms with Gasteiger partial charge in [-0.1, -0.05) is 0 Å². The quantitative estimate of drug-likeness (QED) is 0.821. The summed E-state index contributed by atoms with van der Waals surface area (Å²) in [5.74, 6) is 0. The number of hydrogen-bond acceptors (Lipinski definition) is 4. The fourth-order valence-corrected chi connectivity index (χ4v) is 5.96. The Kier molecular flexibility index (Phi) is 4.72. The van der Waals surface area contributed by atoms with Crippen molar-refractivity contribution in [3.05, 3.63) is 15.4 Å². The molecule has 0 aliphatic carbocycles. The Morgan fingerprint density at radius 1 is 1.58 bits per heavy atom. The zero-order chi connectivity index (χ0) is 14.2. The molecule has 0 bridgehead atoms. The number of thiophene rings is 1. The summed E-state index contributed by atoms with van der Waals surface area (Å²) in [6, 6.07) is 2.07. The van der Waals surface area contributed by atoms with Gasteiger partial charge in [0.15, 0.2) is 0 Å². The summed E-state index contributed by atoms with van der Waals surface area (Å²) in [5.41, 5.74) is 0.968. The third-order valence-corrected chi connectivity index (χ3v) is 8.05. The number of hydrogen-bond donors (Lipinski definition) is 0. The number of rotatable bonds is 4. The lowest BCUT2D eigenvalue weighted by Gasteiger charge is -2.24. The average Bonchev–Trinajstić information content (AvgIpc) is 2.87. The highest BCUT2D eigenvalue weighted by atomic mass is 79.9. The fraction of sp³-hybridized carbons (Fsp3) is 0.667. The van der Waals surface area contributed by atoms with E-state index in [0.717, 1.165) is 28.7 Å². The largest absolute Gasteiger partial charge is 0.302 e. The van der Waals surface area contributed by atoms with Crippen LogP contribution in [0.15, 0.2) is 14.1 Å². The van der Waals surface area contributed by atoms with Gasteiger partial charge in [0.1, 0.15) is 4.21 Å². The van der Waals surface area contributed by atoms with E-state index in [1.165, 1.54) is 15.6 Å². The van der Waals surface area contributed by atoms with Crippen LogP contribution < -0.4 is 0 Å². The predicted molar refractivity (Wildman–Crippen MR) is 82.2 cm³/mol. The molecular weight excluding hydrogens is 348 g/mol. The number of likely N-dealkylation sites (tertiary alicyclic amines) is 1. The molecule has 0 aromatic carbocycles. The van der Waals surface area contributed by atoms with Gasteiger partial charge in [0.2, 0.25) is 0 Å². The average molecular weight is 367 g/mol. The van der Waals surface area contributed by atoms with Gasteiger partial charge in [-0.05, 0) is 60.9 Å². The van der Waals surface area contributed by atoms with Crippen LogP contribution in [0.25, 0.3) is 0 Å². The molecule has 1 aliphatic heterocycles. The van der Waals surface area contributed by atoms with E-state index >= 15 is 0 Å². The molecule has 2 rings (SSSR count). The van der Waals surface area contributed by atoms with Gasteiger partial charge < -0.3 is 4.90 Å². The molecule has 4 nitrogen and oxygen atoms in total. The molecule has 1 fully saturated rings. The SMILES string of the molecule is Cc1cc(S(=O)(=O)N(C)CC2CCCN2C)sc1Br. The molecule has 1 atom stereocenters. The topological polar surface area (TPSA) is 40.6 Å². The summed E-state index contributed by atoms with van der Waals surface area (Å²) >= 11 is 4.66. The second-order valence-corrected chi connectivity index (χ2v) is 9.73. The molecule has 108 valence electrons. The Labute approximate surface area is 127 Å². The van der Waals surface area contributed by atoms with Crippen LogP contribution in [-0.4, -0.2) is 50.8 Å². The summed E-state index contributed by atoms with van der Waals surface area (Å²) in [6.45, 7) is 3.53. The standard InChI is InChI=1S/C12H19BrN2O2S2/c1-9-7-11(18-12(9)13)19(16,17)15(3)8-10-5-4-6-14(10)2/h7,10H,4-6,8H2,1-3H3. The van der Waals surface area contributed by atoms with Gasteiger partial charge in [-0.3, -0.25) is 0 Å². The van der Waals surface area contributed by atoms with Crippen molar-refractivity contribution in [1.82, 2.24) is 9.21 Å². The number of aryl methyl sites for hydroxylation is 1. The van der Waals surface area contributed by atoms with E-state index < -0.39 is 10.0 Å². The Balaban J connectivity index is 2.15. The molecule has 1 unspecified atom stereocenters. The van der Waals surface area contributed by atoms with Crippen molar-refractivity contribution in [1.29, 1.82) is 0 Å². The lowest BCUT2D eigenvalue weighted by atomic mass is 10.2. The summed E-state index contributed by atoms with van der Waals surface area (Å²) in [4.78, 5) is 2.24. The van der Waals surface area contributed by atoms with Gasteiger partial charge in [-0.15, -0.1) is 11.3 Å². The molecule has 7 heteroatoms. The molecule has 0 spiro atoms. The lowest BCUT2D eigenvalue weighted by molar-refractivity contribution is 0.271. The van der Waals surface area contributed by atoms with Crippen LogP contribution in [0.5, 0.6) is 0 Å². The molecule has 19 heavy (non-hydrogen) atoms. The van der Waals surface area contributed by atoms with Crippen molar-refractivity contribution >= 4 is 37.3 Å². The zero-order valence-corrected chi connectivity index (χ0v) is 14.6. The van der Waals surface area contributed by atoms with Gasteiger partial charge in [0.25, 0.3) is 10.0 Å². The van der Waals surface area contributed by atoms with Gasteiger partial charge in [-0.25, -0.2) is 8.42 Å². The minimum absolute atomic E-state index is 0.337. The first-order valence-corrected chi connectivity index (χ1v) is 9.30. The smallest absolute Gasteiger partial charge is 0.252 e. The first-order valence-electron chi connectivity index (χ1n) is 6.25. The predicted octanol–water partition coefficient (Wildman–Crippen LogP) is 2.53. The van der Waals surface area contributed by atoms with Gasteiger partial charge >= 0.3 is 0 Å². The first kappa shape index (κ1) is 15.4. The number of likely N-dealkylation sites (N-methyl/N-ethyl adjacent to an activating group) is 2. The van der Waals surface area contributed by atoms with Crippen molar-refractivity contribution in [3.8, 4) is 0 Å². The summed E-state index contributed by atoms with van der Waals surface area (Å²) in [7, 11) is 0.374. The van der Waals surface area contributed by atoms with Crippen LogP contribution in [0.1, 0.15) is 18.4 Å². The van der Waals surface area contributed by atoms with Crippen LogP contribution in [0.2, 0.25) is 0 Å². The maximum Gasteiger partial charge on any atom is 0.252 e. The molecule has 1 aromatic heterocycles. The van der Waals surface area contributed by atoms with Crippen molar-refractivity contribution in [3.63, 3.8) is 0 Å². The number of nitrogens with zero attached hydrogens (tertiary/aromatic N) is 2. The highest BCUT2D eigenvalue weighted by Gasteiger charge is 2.29. The van der Waals surface area contributed by atoms with Gasteiger partial charge in [0.05, 0.1) is 3.79 Å². The van der Waals surface area contributed by atoms with E-state index in [1.807, 2.05) is 6.92 Å². The summed E-state index contributed by atoms with van der Waals surface area (Å²) in [6.07, 6.45) is 2.22. The van der Waals surface area contributed by atoms with Crippen molar-refractivity contribution in [2.24, 2.45) is 0 Å². The highest BCUT2D eigenvalue weighted by molar-refractivity contribution is 9.11. The lowest BCUT2D eigenvalue weighted by Crippen LogP contribution is -2.39. The third kappa shape index (κ3) is 3.21. The van der Waals surface area contributed by atoms with Gasteiger partial charge in [-0.2, -0.15) is 4.31 Å². The van der Waals surface area contributed by atoms with Crippen molar-refractivity contribution < 1.29 is 8.42 Å². The molecule has 2 heterocycles. The summed E-state index contributed by atoms with van der Waals surface area (Å²) in [5, 5.41) is 0. The fourth-order valence-electron chi connectivity index (χ4n) is 2.32. The first-order chi connectivity index (χ1) is 8.82. The van der Waals surface area contributed by atoms with E-state index in [4.69, 9.17) is 0 Å². The van der Waals surface area contributed by atoms with Crippen LogP contribution in [-0.2, 0) is 10.0 Å². The Bertz CT molecular complexity index is 537. The van der Waals surface area contributed by atoms with Crippen LogP contribution >= 0.6 is 27.3 Å². The third-order valence-electron chi connectivity index (χ3n) is 3.64. The van der Waals surface area contributed by atoms with Crippen LogP contribution in [0.4, 0.5) is 0 Å². The van der Waals surface area contributed by atoms with E-state index in [9.17, 15) is 8.42 Å². The Morgan fingerprint density at radius 2 is 2.26 bits per heavy atom. The molecule has 0 saturated carbocycles. The van der Waals surface area contributed by atoms with E-state index in [0.29, 0.717) is 16.8 Å². The van der Waals surface area contributed by atoms with E-state index in [1.54, 1.807) is 13.1 Å². The van der Waals surface area contributed by atoms with Crippen LogP contribution in [0.3, 0.4) is 0 Å². The minimum Gasteiger partial charge on any atom is -0.302 e. The molecule has 1 aliphatic rings. The second-order valence-electron chi connectivity index (χ2n) is 5.08. The minimum atomic E-state index is -3.36. The summed E-state index contributed by atoms with van der Waals surface area (Å²) < 4.78 is 27.8. The second kappa shape index (κ2) is 5.81. The Hall–Kier alpha value is 0.0500. The molecule has 0 N–H and O–H groups in total. The molecule has 0 radical (unpaired) electrons. The van der Waals surface area contributed by atoms with E-state index in [-0.39, 0.29) is 0 Å². The molecule has 1 aromatic rings. The highest BCUT2D eigenvalue weighted by Crippen LogP contribution is 2.32. The Morgan fingerprint density at radius 3 is 2.74 bits per heavy atom. The van der Waals surface area contributed by atoms with Crippen LogP contribution in [0, 0.1) is 6.92 Å². The molecule has 0 amide bonds. The number of sulfonamides is 1. The molecular formula is C12H19BrN2O2S2. The maximum atomic E-state index is 12.5. The normalized spacial score (nSPS) is 21.4. The monoisotopic (exact) mass is 366 g/mol. The maximum absolute atomic E-state index is 12.5. The van der Waals surface area contributed by atoms with Gasteiger partial charge in [0, 0.05) is 19.6 Å².